The number of hydrogen-bond donors (Lipinski definition) is 1. The number of para-hydroxylation sites is 2. The molecule has 1 N–H and O–H groups in total. The van der Waals surface area contributed by atoms with Gasteiger partial charge >= 0.3 is 41.7 Å². The molecule has 5 unspecified atom stereocenters. The summed E-state index contributed by atoms with van der Waals surface area (Å²) in [4.78, 5) is 41.1. The van der Waals surface area contributed by atoms with Gasteiger partial charge in [0.15, 0.2) is 5.78 Å². The van der Waals surface area contributed by atoms with Crippen LogP contribution in [0.15, 0.2) is 109 Å². The maximum atomic E-state index is 12.7. The van der Waals surface area contributed by atoms with Crippen molar-refractivity contribution in [3.8, 4) is 0 Å². The molecule has 0 aromatic heterocycles. The second kappa shape index (κ2) is 15.6. The van der Waals surface area contributed by atoms with E-state index >= 15 is 0 Å². The summed E-state index contributed by atoms with van der Waals surface area (Å²) in [6.45, 7) is 0.502. The average molecular weight is 652 g/mol. The van der Waals surface area contributed by atoms with E-state index in [4.69, 9.17) is 9.47 Å². The third kappa shape index (κ3) is 6.83. The summed E-state index contributed by atoms with van der Waals surface area (Å²) >= 11 is 0. The Kier molecular flexibility index (Phi) is 11.5. The summed E-state index contributed by atoms with van der Waals surface area (Å²) in [5.41, 5.74) is 4.83. The minimum Gasteiger partial charge on any atom is -1.00 e. The quantitative estimate of drug-likeness (QED) is 0.333. The van der Waals surface area contributed by atoms with Crippen molar-refractivity contribution in [3.05, 3.63) is 131 Å². The number of Topliss-reactive ketones (excluding diaryl/α,β-unsaturated/α-hetero) is 1. The fourth-order valence-corrected chi connectivity index (χ4v) is 6.98. The molecule has 8 rings (SSSR count). The number of carbonyl (C=O) groups is 3. The van der Waals surface area contributed by atoms with Gasteiger partial charge in [-0.1, -0.05) is 91.0 Å². The van der Waals surface area contributed by atoms with Crippen molar-refractivity contribution in [2.24, 2.45) is 11.8 Å². The third-order valence-corrected chi connectivity index (χ3v) is 9.68. The molecule has 2 amide bonds. The zero-order valence-corrected chi connectivity index (χ0v) is 29.0. The largest absolute Gasteiger partial charge is 1.00 e. The van der Waals surface area contributed by atoms with E-state index in [1.165, 1.54) is 0 Å². The second-order valence-corrected chi connectivity index (χ2v) is 12.3. The third-order valence-electron chi connectivity index (χ3n) is 9.68. The Morgan fingerprint density at radius 1 is 0.667 bits per heavy atom. The van der Waals surface area contributed by atoms with Crippen LogP contribution >= 0.6 is 0 Å². The summed E-state index contributed by atoms with van der Waals surface area (Å²) in [7, 11) is 0. The Morgan fingerprint density at radius 2 is 1.17 bits per heavy atom. The number of ether oxygens (including phenoxy) is 2. The zero-order valence-electron chi connectivity index (χ0n) is 28.0. The molecule has 2 aliphatic heterocycles. The molecule has 4 aromatic rings. The van der Waals surface area contributed by atoms with Crippen molar-refractivity contribution >= 4 is 37.8 Å². The normalized spacial score (nSPS) is 22.5. The van der Waals surface area contributed by atoms with Crippen LogP contribution in [0.1, 0.15) is 60.3 Å². The summed E-state index contributed by atoms with van der Waals surface area (Å²) in [6, 6.07) is 34.1. The average Bonchev–Trinajstić information content (AvgIpc) is 3.06. The maximum absolute atomic E-state index is 12.7. The van der Waals surface area contributed by atoms with Crippen LogP contribution in [0.4, 0.5) is 21.0 Å². The van der Waals surface area contributed by atoms with Crippen LogP contribution in [-0.4, -0.2) is 43.6 Å². The van der Waals surface area contributed by atoms with Crippen molar-refractivity contribution in [1.82, 2.24) is 0 Å². The predicted molar refractivity (Wildman–Crippen MR) is 180 cm³/mol. The van der Waals surface area contributed by atoms with Gasteiger partial charge in [-0.05, 0) is 55.0 Å². The van der Waals surface area contributed by atoms with E-state index < -0.39 is 6.10 Å². The van der Waals surface area contributed by atoms with E-state index in [-0.39, 0.29) is 94.5 Å². The molecule has 2 heterocycles. The summed E-state index contributed by atoms with van der Waals surface area (Å²) in [5.74, 6) is 0.201. The monoisotopic (exact) mass is 651 g/mol. The van der Waals surface area contributed by atoms with Crippen molar-refractivity contribution in [1.29, 1.82) is 0 Å². The molecule has 0 spiro atoms. The van der Waals surface area contributed by atoms with Gasteiger partial charge in [-0.2, -0.15) is 0 Å². The minimum atomic E-state index is -0.483. The number of benzene rings is 4. The van der Waals surface area contributed by atoms with Crippen molar-refractivity contribution in [2.45, 2.75) is 57.1 Å². The first-order chi connectivity index (χ1) is 22.5. The van der Waals surface area contributed by atoms with Crippen LogP contribution in [0.2, 0.25) is 0 Å². The molecule has 10 heteroatoms. The van der Waals surface area contributed by atoms with Gasteiger partial charge in [-0.15, -0.1) is 0 Å². The van der Waals surface area contributed by atoms with Gasteiger partial charge in [0.25, 0.3) is 0 Å². The van der Waals surface area contributed by atoms with E-state index in [9.17, 15) is 19.5 Å². The van der Waals surface area contributed by atoms with Crippen LogP contribution in [-0.2, 0) is 22.7 Å². The summed E-state index contributed by atoms with van der Waals surface area (Å²) in [5, 5.41) is 10.5. The van der Waals surface area contributed by atoms with E-state index in [2.05, 4.69) is 0 Å². The van der Waals surface area contributed by atoms with Gasteiger partial charge in [0.05, 0.1) is 23.5 Å². The van der Waals surface area contributed by atoms with Crippen molar-refractivity contribution in [2.75, 3.05) is 9.80 Å². The smallest absolute Gasteiger partial charge is 1.00 e. The topological polar surface area (TPSA) is 96.4 Å². The summed E-state index contributed by atoms with van der Waals surface area (Å²) < 4.78 is 11.0. The predicted octanol–water partition coefficient (Wildman–Crippen LogP) is 4.20. The Morgan fingerprint density at radius 3 is 1.71 bits per heavy atom. The van der Waals surface area contributed by atoms with E-state index in [1.54, 1.807) is 15.9 Å². The van der Waals surface area contributed by atoms with Gasteiger partial charge in [0.1, 0.15) is 13.2 Å². The molecule has 2 aliphatic carbocycles. The Labute approximate surface area is 306 Å². The molecule has 4 aromatic carbocycles. The van der Waals surface area contributed by atoms with E-state index in [0.29, 0.717) is 11.3 Å². The van der Waals surface area contributed by atoms with Crippen LogP contribution in [0.5, 0.6) is 0 Å². The van der Waals surface area contributed by atoms with Crippen LogP contribution < -0.4 is 39.4 Å². The number of aliphatic hydroxyl groups excluding tert-OH is 1. The van der Waals surface area contributed by atoms with Crippen molar-refractivity contribution in [3.63, 3.8) is 0 Å². The first kappa shape index (κ1) is 35.4. The van der Waals surface area contributed by atoms with Crippen LogP contribution in [0.25, 0.3) is 0 Å². The fourth-order valence-electron chi connectivity index (χ4n) is 6.98. The first-order valence-corrected chi connectivity index (χ1v) is 15.9. The molecule has 0 bridgehead atoms. The van der Waals surface area contributed by atoms with E-state index in [1.807, 2.05) is 103 Å². The first-order valence-electron chi connectivity index (χ1n) is 15.9. The molecule has 48 heavy (non-hydrogen) atoms. The fraction of sp³-hybridized carbons (Fsp3) is 0.289. The number of carbonyl (C=O) groups excluding carboxylic acids is 3. The Hall–Kier alpha value is -3.89. The molecular weight excluding hydrogens is 614 g/mol. The van der Waals surface area contributed by atoms with Crippen LogP contribution in [0.3, 0.4) is 0 Å². The van der Waals surface area contributed by atoms with Gasteiger partial charge in [0.2, 0.25) is 0 Å². The van der Waals surface area contributed by atoms with Gasteiger partial charge < -0.3 is 16.0 Å². The molecule has 8 nitrogen and oxygen atoms in total. The SMILES string of the molecule is O=C(OCc1ccccc1)N1c2ccccc2C(O)C2CCC21.O=C1c2ccccc2N(C(=O)OCc2ccccc2)C2CCC12.[B].[H-].[Na+]. The van der Waals surface area contributed by atoms with Gasteiger partial charge in [-0.3, -0.25) is 14.6 Å². The zero-order chi connectivity index (χ0) is 31.6. The molecule has 239 valence electrons. The van der Waals surface area contributed by atoms with E-state index in [0.717, 1.165) is 48.1 Å². The number of fused-ring (bicyclic) bond motifs is 4. The van der Waals surface area contributed by atoms with Crippen molar-refractivity contribution < 1.29 is 59.9 Å². The molecule has 2 saturated carbocycles. The molecular formula is C38H37BN2NaO6. The maximum Gasteiger partial charge on any atom is 1.00 e. The second-order valence-electron chi connectivity index (χ2n) is 12.3. The number of nitrogens with zero attached hydrogens (tertiary/aromatic N) is 2. The molecule has 3 radical (unpaired) electrons. The van der Waals surface area contributed by atoms with Gasteiger partial charge in [-0.25, -0.2) is 9.59 Å². The van der Waals surface area contributed by atoms with Crippen LogP contribution in [0, 0.1) is 11.8 Å². The molecule has 0 saturated heterocycles. The number of rotatable bonds is 4. The molecule has 5 atom stereocenters. The molecule has 2 fully saturated rings. The summed E-state index contributed by atoms with van der Waals surface area (Å²) in [6.07, 6.45) is 2.37. The molecule has 4 aliphatic rings. The number of hydrogen-bond acceptors (Lipinski definition) is 6. The number of aliphatic hydroxyl groups is 1. The number of ketones is 1. The Bertz CT molecular complexity index is 1750. The van der Waals surface area contributed by atoms with Gasteiger partial charge in [0, 0.05) is 37.4 Å². The standard InChI is InChI=1S/C19H19NO3.C19H17NO3.B.Na.H/c2*21-18-14-8-4-5-9-16(14)20(17-11-10-15(17)18)19(22)23-12-13-6-2-1-3-7-13;;;/h1-9,15,17-18,21H,10-12H2;1-9,15,17H,10-12H2;;;/q;;;+1;-1. The number of anilines is 2. The Balaban J connectivity index is 0.000000208. The number of amides is 2. The minimum absolute atomic E-state index is 0.